The lowest BCUT2D eigenvalue weighted by Gasteiger charge is -2.00. The maximum Gasteiger partial charge on any atom is 0.0159 e. The van der Waals surface area contributed by atoms with E-state index in [9.17, 15) is 0 Å². The number of aromatic amines is 1. The first-order valence-corrected chi connectivity index (χ1v) is 3.96. The molecule has 0 saturated heterocycles. The van der Waals surface area contributed by atoms with Gasteiger partial charge < -0.3 is 16.0 Å². The Labute approximate surface area is 67.0 Å². The van der Waals surface area contributed by atoms with Gasteiger partial charge in [-0.1, -0.05) is 0 Å². The van der Waals surface area contributed by atoms with Gasteiger partial charge in [-0.2, -0.15) is 0 Å². The molecule has 62 valence electrons. The van der Waals surface area contributed by atoms with Crippen LogP contribution < -0.4 is 11.1 Å². The third-order valence-electron chi connectivity index (χ3n) is 1.55. The molecule has 0 saturated carbocycles. The molecule has 0 spiro atoms. The van der Waals surface area contributed by atoms with Crippen molar-refractivity contribution in [2.75, 3.05) is 19.6 Å². The van der Waals surface area contributed by atoms with Gasteiger partial charge in [-0.15, -0.1) is 0 Å². The summed E-state index contributed by atoms with van der Waals surface area (Å²) in [7, 11) is 0. The molecule has 1 heterocycles. The molecule has 1 aromatic rings. The van der Waals surface area contributed by atoms with Gasteiger partial charge >= 0.3 is 0 Å². The van der Waals surface area contributed by atoms with Gasteiger partial charge in [0.05, 0.1) is 0 Å². The summed E-state index contributed by atoms with van der Waals surface area (Å²) in [6.45, 7) is 2.61. The Balaban J connectivity index is 2.04. The Bertz CT molecular complexity index is 169. The molecule has 0 aliphatic carbocycles. The van der Waals surface area contributed by atoms with Gasteiger partial charge in [0.15, 0.2) is 0 Å². The van der Waals surface area contributed by atoms with Crippen molar-refractivity contribution in [3.63, 3.8) is 0 Å². The summed E-state index contributed by atoms with van der Waals surface area (Å²) in [5.74, 6) is 0. The minimum atomic E-state index is 0.713. The Morgan fingerprint density at radius 2 is 2.36 bits per heavy atom. The van der Waals surface area contributed by atoms with Crippen molar-refractivity contribution < 1.29 is 0 Å². The molecular formula is C8H15N3. The zero-order valence-corrected chi connectivity index (χ0v) is 6.64. The van der Waals surface area contributed by atoms with E-state index in [0.717, 1.165) is 19.5 Å². The van der Waals surface area contributed by atoms with Gasteiger partial charge in [-0.25, -0.2) is 0 Å². The van der Waals surface area contributed by atoms with Crippen LogP contribution in [-0.4, -0.2) is 24.6 Å². The summed E-state index contributed by atoms with van der Waals surface area (Å²) in [5, 5.41) is 3.23. The molecular weight excluding hydrogens is 138 g/mol. The fourth-order valence-electron chi connectivity index (χ4n) is 0.973. The highest BCUT2D eigenvalue weighted by Gasteiger charge is 1.90. The van der Waals surface area contributed by atoms with E-state index in [1.165, 1.54) is 5.69 Å². The number of nitrogens with two attached hydrogens (primary N) is 1. The zero-order chi connectivity index (χ0) is 7.94. The number of hydrogen-bond acceptors (Lipinski definition) is 2. The van der Waals surface area contributed by atoms with Crippen molar-refractivity contribution in [1.82, 2.24) is 10.3 Å². The van der Waals surface area contributed by atoms with Crippen LogP contribution in [0.4, 0.5) is 0 Å². The van der Waals surface area contributed by atoms with Crippen molar-refractivity contribution in [1.29, 1.82) is 0 Å². The van der Waals surface area contributed by atoms with E-state index in [0.29, 0.717) is 6.54 Å². The second-order valence-corrected chi connectivity index (χ2v) is 2.48. The van der Waals surface area contributed by atoms with Crippen LogP contribution >= 0.6 is 0 Å². The maximum absolute atomic E-state index is 5.32. The van der Waals surface area contributed by atoms with E-state index < -0.39 is 0 Å². The van der Waals surface area contributed by atoms with Crippen molar-refractivity contribution >= 4 is 0 Å². The van der Waals surface area contributed by atoms with Crippen LogP contribution in [0.15, 0.2) is 18.3 Å². The highest BCUT2D eigenvalue weighted by molar-refractivity contribution is 5.03. The lowest BCUT2D eigenvalue weighted by Crippen LogP contribution is -2.24. The molecule has 0 bridgehead atoms. The van der Waals surface area contributed by atoms with Crippen LogP contribution in [0.5, 0.6) is 0 Å². The van der Waals surface area contributed by atoms with Crippen molar-refractivity contribution in [2.45, 2.75) is 6.42 Å². The molecule has 3 nitrogen and oxygen atoms in total. The van der Waals surface area contributed by atoms with Crippen LogP contribution in [0.25, 0.3) is 0 Å². The summed E-state index contributed by atoms with van der Waals surface area (Å²) >= 11 is 0. The van der Waals surface area contributed by atoms with Crippen molar-refractivity contribution in [3.8, 4) is 0 Å². The SMILES string of the molecule is NCCNCCc1ccc[nH]1. The molecule has 0 unspecified atom stereocenters. The van der Waals surface area contributed by atoms with Crippen LogP contribution in [0, 0.1) is 0 Å². The lowest BCUT2D eigenvalue weighted by molar-refractivity contribution is 0.684. The fourth-order valence-corrected chi connectivity index (χ4v) is 0.973. The van der Waals surface area contributed by atoms with E-state index in [2.05, 4.69) is 16.4 Å². The molecule has 0 aliphatic rings. The number of rotatable bonds is 5. The van der Waals surface area contributed by atoms with Gasteiger partial charge in [-0.3, -0.25) is 0 Å². The summed E-state index contributed by atoms with van der Waals surface area (Å²) in [5.41, 5.74) is 6.59. The van der Waals surface area contributed by atoms with Gasteiger partial charge in [0.1, 0.15) is 0 Å². The van der Waals surface area contributed by atoms with E-state index >= 15 is 0 Å². The summed E-state index contributed by atoms with van der Waals surface area (Å²) in [4.78, 5) is 3.14. The molecule has 1 aromatic heterocycles. The molecule has 4 N–H and O–H groups in total. The van der Waals surface area contributed by atoms with Gasteiger partial charge in [0.2, 0.25) is 0 Å². The van der Waals surface area contributed by atoms with Crippen molar-refractivity contribution in [2.24, 2.45) is 5.73 Å². The summed E-state index contributed by atoms with van der Waals surface area (Å²) < 4.78 is 0. The third kappa shape index (κ3) is 3.20. The molecule has 0 atom stereocenters. The van der Waals surface area contributed by atoms with Crippen LogP contribution in [0.3, 0.4) is 0 Å². The van der Waals surface area contributed by atoms with E-state index in [1.54, 1.807) is 0 Å². The van der Waals surface area contributed by atoms with E-state index in [1.807, 2.05) is 12.3 Å². The number of H-pyrrole nitrogens is 1. The van der Waals surface area contributed by atoms with Crippen LogP contribution in [0.1, 0.15) is 5.69 Å². The predicted octanol–water partition coefficient (Wildman–Crippen LogP) is 0.105. The second kappa shape index (κ2) is 4.93. The van der Waals surface area contributed by atoms with Gasteiger partial charge in [-0.05, 0) is 18.6 Å². The Morgan fingerprint density at radius 3 is 3.00 bits per heavy atom. The summed E-state index contributed by atoms with van der Waals surface area (Å²) in [6, 6.07) is 4.10. The number of hydrogen-bond donors (Lipinski definition) is 3. The smallest absolute Gasteiger partial charge is 0.0159 e. The Hall–Kier alpha value is -0.800. The standard InChI is InChI=1S/C8H15N3/c9-4-7-10-6-3-8-2-1-5-11-8/h1-2,5,10-11H,3-4,6-7,9H2. The molecule has 0 amide bonds. The fraction of sp³-hybridized carbons (Fsp3) is 0.500. The maximum atomic E-state index is 5.32. The minimum absolute atomic E-state index is 0.713. The molecule has 0 aromatic carbocycles. The number of nitrogens with one attached hydrogen (secondary N) is 2. The second-order valence-electron chi connectivity index (χ2n) is 2.48. The molecule has 11 heavy (non-hydrogen) atoms. The largest absolute Gasteiger partial charge is 0.365 e. The molecule has 0 radical (unpaired) electrons. The average molecular weight is 153 g/mol. The van der Waals surface area contributed by atoms with Gasteiger partial charge in [0.25, 0.3) is 0 Å². The third-order valence-corrected chi connectivity index (χ3v) is 1.55. The normalized spacial score (nSPS) is 10.3. The Kier molecular flexibility index (Phi) is 3.72. The monoisotopic (exact) mass is 153 g/mol. The highest BCUT2D eigenvalue weighted by atomic mass is 14.9. The molecule has 1 rings (SSSR count). The zero-order valence-electron chi connectivity index (χ0n) is 6.64. The van der Waals surface area contributed by atoms with Crippen molar-refractivity contribution in [3.05, 3.63) is 24.0 Å². The topological polar surface area (TPSA) is 53.8 Å². The minimum Gasteiger partial charge on any atom is -0.365 e. The number of aromatic nitrogens is 1. The van der Waals surface area contributed by atoms with Gasteiger partial charge in [0, 0.05) is 31.5 Å². The van der Waals surface area contributed by atoms with E-state index in [4.69, 9.17) is 5.73 Å². The molecule has 0 fully saturated rings. The summed E-state index contributed by atoms with van der Waals surface area (Å²) in [6.07, 6.45) is 2.99. The lowest BCUT2D eigenvalue weighted by atomic mass is 10.3. The van der Waals surface area contributed by atoms with Crippen LogP contribution in [0.2, 0.25) is 0 Å². The first kappa shape index (κ1) is 8.30. The molecule has 3 heteroatoms. The van der Waals surface area contributed by atoms with E-state index in [-0.39, 0.29) is 0 Å². The first-order chi connectivity index (χ1) is 5.43. The van der Waals surface area contributed by atoms with Crippen LogP contribution in [-0.2, 0) is 6.42 Å². The quantitative estimate of drug-likeness (QED) is 0.526. The highest BCUT2D eigenvalue weighted by Crippen LogP contribution is 1.93. The predicted molar refractivity (Wildman–Crippen MR) is 46.4 cm³/mol. The Morgan fingerprint density at radius 1 is 1.45 bits per heavy atom. The first-order valence-electron chi connectivity index (χ1n) is 3.96. The average Bonchev–Trinajstić information content (AvgIpc) is 2.50. The molecule has 0 aliphatic heterocycles.